The summed E-state index contributed by atoms with van der Waals surface area (Å²) in [5.41, 5.74) is 0. The molecule has 0 saturated carbocycles. The van der Waals surface area contributed by atoms with E-state index in [1.54, 1.807) is 0 Å². The van der Waals surface area contributed by atoms with E-state index in [0.29, 0.717) is 13.0 Å². The molecule has 0 aliphatic carbocycles. The molecule has 0 saturated heterocycles. The van der Waals surface area contributed by atoms with E-state index in [-0.39, 0.29) is 19.6 Å². The second kappa shape index (κ2) is 48.1. The molecule has 3 atom stereocenters. The molecule has 0 aromatic rings. The molecule has 0 aliphatic heterocycles. The average molecular weight is 891 g/mol. The lowest BCUT2D eigenvalue weighted by Gasteiger charge is -2.20. The van der Waals surface area contributed by atoms with Crippen LogP contribution in [0.2, 0.25) is 0 Å². The summed E-state index contributed by atoms with van der Waals surface area (Å²) in [6, 6.07) is 0. The number of hydrogen-bond acceptors (Lipinski definition) is 8. The van der Waals surface area contributed by atoms with E-state index in [4.69, 9.17) is 23.6 Å². The first-order chi connectivity index (χ1) is 30.3. The predicted octanol–water partition coefficient (Wildman–Crippen LogP) is 14.3. The highest BCUT2D eigenvalue weighted by molar-refractivity contribution is 7.47. The van der Waals surface area contributed by atoms with Crippen molar-refractivity contribution in [1.82, 2.24) is 0 Å². The topological polar surface area (TPSA) is 132 Å². The summed E-state index contributed by atoms with van der Waals surface area (Å²) in [6.45, 7) is 3.35. The highest BCUT2D eigenvalue weighted by Gasteiger charge is 2.26. The van der Waals surface area contributed by atoms with Gasteiger partial charge in [0.2, 0.25) is 0 Å². The van der Waals surface area contributed by atoms with Gasteiger partial charge in [-0.1, -0.05) is 182 Å². The number of aliphatic hydroxyl groups is 2. The maximum absolute atomic E-state index is 12.7. The number of unbranched alkanes of at least 4 members (excludes halogenated alkanes) is 18. The molecule has 0 radical (unpaired) electrons. The molecule has 62 heavy (non-hydrogen) atoms. The molecule has 0 rings (SSSR count). The Labute approximate surface area is 379 Å². The Morgan fingerprint density at radius 2 is 0.919 bits per heavy atom. The lowest BCUT2D eigenvalue weighted by atomic mass is 10.1. The predicted molar refractivity (Wildman–Crippen MR) is 260 cm³/mol. The van der Waals surface area contributed by atoms with Gasteiger partial charge in [0.15, 0.2) is 0 Å². The van der Waals surface area contributed by atoms with E-state index in [9.17, 15) is 19.4 Å². The lowest BCUT2D eigenvalue weighted by molar-refractivity contribution is -0.154. The molecule has 0 spiro atoms. The normalized spacial score (nSPS) is 14.6. The van der Waals surface area contributed by atoms with Gasteiger partial charge in [-0.3, -0.25) is 13.8 Å². The van der Waals surface area contributed by atoms with Gasteiger partial charge in [-0.25, -0.2) is 4.57 Å². The molecule has 0 bridgehead atoms. The van der Waals surface area contributed by atoms with E-state index in [0.717, 1.165) is 89.9 Å². The van der Waals surface area contributed by atoms with Crippen LogP contribution in [0.3, 0.4) is 0 Å². The maximum Gasteiger partial charge on any atom is 0.472 e. The van der Waals surface area contributed by atoms with Gasteiger partial charge in [0.05, 0.1) is 26.4 Å². The minimum atomic E-state index is -4.53. The highest BCUT2D eigenvalue weighted by Crippen LogP contribution is 2.43. The molecule has 3 N–H and O–H groups in total. The molecule has 358 valence electrons. The number of hydrogen-bond donors (Lipinski definition) is 3. The third-order valence-electron chi connectivity index (χ3n) is 10.1. The van der Waals surface area contributed by atoms with Crippen LogP contribution in [-0.4, -0.2) is 66.3 Å². The largest absolute Gasteiger partial charge is 0.472 e. The van der Waals surface area contributed by atoms with Crippen molar-refractivity contribution >= 4 is 13.8 Å². The summed E-state index contributed by atoms with van der Waals surface area (Å²) >= 11 is 0. The zero-order valence-corrected chi connectivity index (χ0v) is 40.2. The molecular weight excluding hydrogens is 800 g/mol. The Balaban J connectivity index is 4.16. The van der Waals surface area contributed by atoms with E-state index < -0.39 is 39.2 Å². The van der Waals surface area contributed by atoms with E-state index in [1.807, 2.05) is 0 Å². The molecule has 0 fully saturated rings. The van der Waals surface area contributed by atoms with Crippen molar-refractivity contribution in [3.05, 3.63) is 85.1 Å². The molecule has 9 nitrogen and oxygen atoms in total. The van der Waals surface area contributed by atoms with Gasteiger partial charge in [0.1, 0.15) is 12.2 Å². The van der Waals surface area contributed by atoms with E-state index >= 15 is 0 Å². The second-order valence-electron chi connectivity index (χ2n) is 16.1. The summed E-state index contributed by atoms with van der Waals surface area (Å²) < 4.78 is 33.5. The number of aliphatic hydroxyl groups excluding tert-OH is 2. The number of carbonyl (C=O) groups is 1. The van der Waals surface area contributed by atoms with Crippen molar-refractivity contribution in [2.75, 3.05) is 33.0 Å². The van der Waals surface area contributed by atoms with Gasteiger partial charge in [-0.05, 0) is 89.9 Å². The Morgan fingerprint density at radius 3 is 1.39 bits per heavy atom. The van der Waals surface area contributed by atoms with Crippen LogP contribution in [0.1, 0.15) is 194 Å². The SMILES string of the molecule is CC/C=C\C/C=C\C/C=C\C/C=C\C/C=C\CCCCCCCCCC(=O)OC(COCCCCCCCCCC/C=C\C/C=C\CCCCC)COP(=O)(O)OCC(O)CO. The molecule has 0 aliphatic rings. The minimum absolute atomic E-state index is 0.0360. The summed E-state index contributed by atoms with van der Waals surface area (Å²) in [7, 11) is -4.53. The van der Waals surface area contributed by atoms with Gasteiger partial charge in [0.25, 0.3) is 0 Å². The number of phosphoric acid groups is 1. The monoisotopic (exact) mass is 891 g/mol. The molecule has 0 aromatic heterocycles. The minimum Gasteiger partial charge on any atom is -0.457 e. The maximum atomic E-state index is 12.7. The zero-order valence-electron chi connectivity index (χ0n) is 39.3. The molecule has 0 amide bonds. The van der Waals surface area contributed by atoms with Crippen molar-refractivity contribution in [2.24, 2.45) is 0 Å². The smallest absolute Gasteiger partial charge is 0.457 e. The molecule has 0 heterocycles. The van der Waals surface area contributed by atoms with Crippen LogP contribution in [0, 0.1) is 0 Å². The Hall–Kier alpha value is -2.36. The molecule has 3 unspecified atom stereocenters. The second-order valence-corrected chi connectivity index (χ2v) is 17.5. The number of allylic oxidation sites excluding steroid dienone is 14. The van der Waals surface area contributed by atoms with Gasteiger partial charge < -0.3 is 24.6 Å². The van der Waals surface area contributed by atoms with Gasteiger partial charge in [-0.15, -0.1) is 0 Å². The first-order valence-electron chi connectivity index (χ1n) is 24.6. The van der Waals surface area contributed by atoms with Crippen LogP contribution in [0.15, 0.2) is 85.1 Å². The summed E-state index contributed by atoms with van der Waals surface area (Å²) in [6.07, 6.45) is 59.7. The molecule has 10 heteroatoms. The third kappa shape index (κ3) is 47.1. The van der Waals surface area contributed by atoms with Crippen LogP contribution in [0.25, 0.3) is 0 Å². The Morgan fingerprint density at radius 1 is 0.516 bits per heavy atom. The third-order valence-corrected chi connectivity index (χ3v) is 11.0. The molecule has 0 aromatic carbocycles. The number of phosphoric ester groups is 1. The van der Waals surface area contributed by atoms with Crippen molar-refractivity contribution in [2.45, 2.75) is 206 Å². The first kappa shape index (κ1) is 59.6. The average Bonchev–Trinajstić information content (AvgIpc) is 3.26. The van der Waals surface area contributed by atoms with Gasteiger partial charge >= 0.3 is 13.8 Å². The number of carbonyl (C=O) groups excluding carboxylic acids is 1. The Bertz CT molecular complexity index is 1240. The van der Waals surface area contributed by atoms with Crippen LogP contribution < -0.4 is 0 Å². The zero-order chi connectivity index (χ0) is 45.3. The van der Waals surface area contributed by atoms with Crippen molar-refractivity contribution in [3.8, 4) is 0 Å². The fourth-order valence-electron chi connectivity index (χ4n) is 6.35. The van der Waals surface area contributed by atoms with Crippen LogP contribution in [0.5, 0.6) is 0 Å². The highest BCUT2D eigenvalue weighted by atomic mass is 31.2. The van der Waals surface area contributed by atoms with Crippen molar-refractivity contribution < 1.29 is 43.0 Å². The summed E-state index contributed by atoms with van der Waals surface area (Å²) in [5, 5.41) is 18.4. The molecular formula is C52H91O9P. The van der Waals surface area contributed by atoms with E-state index in [1.165, 1.54) is 77.0 Å². The van der Waals surface area contributed by atoms with Gasteiger partial charge in [-0.2, -0.15) is 0 Å². The first-order valence-corrected chi connectivity index (χ1v) is 26.1. The number of ether oxygens (including phenoxy) is 2. The summed E-state index contributed by atoms with van der Waals surface area (Å²) in [4.78, 5) is 22.7. The van der Waals surface area contributed by atoms with Crippen molar-refractivity contribution in [1.29, 1.82) is 0 Å². The van der Waals surface area contributed by atoms with Crippen LogP contribution in [0.4, 0.5) is 0 Å². The van der Waals surface area contributed by atoms with Crippen LogP contribution in [-0.2, 0) is 27.9 Å². The standard InChI is InChI=1S/C52H91O9P/c1-3-5-7-9-11-13-15-17-19-21-23-24-25-26-27-28-30-32-34-36-38-40-42-44-52(55)61-51(49-60-62(56,57)59-47-50(54)46-53)48-58-45-43-41-39-37-35-33-31-29-22-20-18-16-14-12-10-8-6-4-2/h5,7,11-14,17-20,23-24,26-27,50-51,53-54H,3-4,6,8-10,15-16,21-22,25,28-49H2,1-2H3,(H,56,57)/b7-5-,13-11-,14-12-,19-17-,20-18-,24-23-,27-26-. The fraction of sp³-hybridized carbons (Fsp3) is 0.712. The Kier molecular flexibility index (Phi) is 46.3. The number of rotatable bonds is 46. The van der Waals surface area contributed by atoms with Crippen LogP contribution >= 0.6 is 7.82 Å². The van der Waals surface area contributed by atoms with Gasteiger partial charge in [0, 0.05) is 13.0 Å². The quantitative estimate of drug-likeness (QED) is 0.0236. The summed E-state index contributed by atoms with van der Waals surface area (Å²) in [5.74, 6) is -0.398. The lowest BCUT2D eigenvalue weighted by Crippen LogP contribution is -2.29. The van der Waals surface area contributed by atoms with E-state index in [2.05, 4.69) is 98.9 Å². The fourth-order valence-corrected chi connectivity index (χ4v) is 7.14. The number of esters is 1. The van der Waals surface area contributed by atoms with Crippen molar-refractivity contribution in [3.63, 3.8) is 0 Å².